The Morgan fingerprint density at radius 2 is 0.786 bits per heavy atom. The molecule has 0 spiro atoms. The summed E-state index contributed by atoms with van der Waals surface area (Å²) in [6.45, 7) is 6.49. The first kappa shape index (κ1) is 21.4. The fourth-order valence-electron chi connectivity index (χ4n) is 2.86. The molecular weight excluding hydrogens is 348 g/mol. The molecule has 0 aliphatic rings. The van der Waals surface area contributed by atoms with Crippen LogP contribution in [0.1, 0.15) is 30.5 Å². The van der Waals surface area contributed by atoms with Crippen molar-refractivity contribution < 1.29 is 14.2 Å². The molecule has 0 N–H and O–H groups in total. The molecule has 0 amide bonds. The molecule has 0 bridgehead atoms. The summed E-state index contributed by atoms with van der Waals surface area (Å²) >= 11 is 0. The summed E-state index contributed by atoms with van der Waals surface area (Å²) in [4.78, 5) is 0. The topological polar surface area (TPSA) is 27.7 Å². The van der Waals surface area contributed by atoms with E-state index in [1.807, 2.05) is 48.5 Å². The minimum atomic E-state index is -0.0431. The second kappa shape index (κ2) is 9.84. The number of rotatable bonds is 5. The number of hydrogen-bond acceptors (Lipinski definition) is 3. The molecule has 148 valence electrons. The van der Waals surface area contributed by atoms with E-state index in [2.05, 4.69) is 45.0 Å². The Bertz CT molecular complexity index is 783. The standard InChI is InChI=1S/C17H20O2.C8H10O/c1-17(2,13-5-9-15(18-3)10-6-13)14-7-11-16(19-4)12-8-14;1-7-3-5-8(9-2)6-4-7/h5-12H,1-4H3;3-6H,1-2H3. The molecule has 3 heteroatoms. The van der Waals surface area contributed by atoms with E-state index in [4.69, 9.17) is 14.2 Å². The quantitative estimate of drug-likeness (QED) is 0.542. The Hall–Kier alpha value is -2.94. The van der Waals surface area contributed by atoms with Crippen LogP contribution in [0.5, 0.6) is 17.2 Å². The zero-order valence-corrected chi connectivity index (χ0v) is 17.7. The van der Waals surface area contributed by atoms with Crippen molar-refractivity contribution in [3.63, 3.8) is 0 Å². The van der Waals surface area contributed by atoms with E-state index >= 15 is 0 Å². The molecular formula is C25H30O3. The molecule has 0 radical (unpaired) electrons. The van der Waals surface area contributed by atoms with Gasteiger partial charge in [0.25, 0.3) is 0 Å². The molecule has 0 aliphatic carbocycles. The van der Waals surface area contributed by atoms with Gasteiger partial charge in [0.05, 0.1) is 21.3 Å². The molecule has 0 saturated heterocycles. The fraction of sp³-hybridized carbons (Fsp3) is 0.280. The van der Waals surface area contributed by atoms with Crippen LogP contribution >= 0.6 is 0 Å². The van der Waals surface area contributed by atoms with Gasteiger partial charge in [0.2, 0.25) is 0 Å². The molecule has 3 rings (SSSR count). The monoisotopic (exact) mass is 378 g/mol. The predicted molar refractivity (Wildman–Crippen MR) is 116 cm³/mol. The number of aryl methyl sites for hydroxylation is 1. The molecule has 0 aromatic heterocycles. The van der Waals surface area contributed by atoms with Crippen molar-refractivity contribution in [1.29, 1.82) is 0 Å². The summed E-state index contributed by atoms with van der Waals surface area (Å²) in [5, 5.41) is 0. The largest absolute Gasteiger partial charge is 0.497 e. The lowest BCUT2D eigenvalue weighted by Crippen LogP contribution is -2.18. The minimum absolute atomic E-state index is 0.0431. The lowest BCUT2D eigenvalue weighted by molar-refractivity contribution is 0.414. The van der Waals surface area contributed by atoms with Crippen molar-refractivity contribution in [3.05, 3.63) is 89.5 Å². The summed E-state index contributed by atoms with van der Waals surface area (Å²) in [5.74, 6) is 2.68. The highest BCUT2D eigenvalue weighted by Gasteiger charge is 2.22. The van der Waals surface area contributed by atoms with Gasteiger partial charge in [-0.3, -0.25) is 0 Å². The lowest BCUT2D eigenvalue weighted by atomic mass is 9.78. The van der Waals surface area contributed by atoms with E-state index in [0.717, 1.165) is 17.2 Å². The van der Waals surface area contributed by atoms with Crippen LogP contribution in [0.15, 0.2) is 72.8 Å². The summed E-state index contributed by atoms with van der Waals surface area (Å²) in [6, 6.07) is 24.4. The average molecular weight is 379 g/mol. The first-order valence-corrected chi connectivity index (χ1v) is 9.30. The van der Waals surface area contributed by atoms with Gasteiger partial charge in [-0.1, -0.05) is 55.8 Å². The Morgan fingerprint density at radius 3 is 1.07 bits per heavy atom. The van der Waals surface area contributed by atoms with Gasteiger partial charge < -0.3 is 14.2 Å². The van der Waals surface area contributed by atoms with E-state index in [1.165, 1.54) is 16.7 Å². The smallest absolute Gasteiger partial charge is 0.118 e. The van der Waals surface area contributed by atoms with Gasteiger partial charge >= 0.3 is 0 Å². The van der Waals surface area contributed by atoms with Crippen molar-refractivity contribution in [2.45, 2.75) is 26.2 Å². The summed E-state index contributed by atoms with van der Waals surface area (Å²) in [7, 11) is 5.04. The van der Waals surface area contributed by atoms with Gasteiger partial charge in [-0.05, 0) is 54.4 Å². The highest BCUT2D eigenvalue weighted by Crippen LogP contribution is 2.33. The van der Waals surface area contributed by atoms with Crippen LogP contribution < -0.4 is 14.2 Å². The number of methoxy groups -OCH3 is 3. The van der Waals surface area contributed by atoms with E-state index in [1.54, 1.807) is 21.3 Å². The van der Waals surface area contributed by atoms with Crippen molar-refractivity contribution in [3.8, 4) is 17.2 Å². The number of ether oxygens (including phenoxy) is 3. The number of benzene rings is 3. The maximum absolute atomic E-state index is 5.20. The third-order valence-electron chi connectivity index (χ3n) is 4.88. The first-order chi connectivity index (χ1) is 13.4. The molecule has 0 saturated carbocycles. The lowest BCUT2D eigenvalue weighted by Gasteiger charge is -2.26. The second-order valence-electron chi connectivity index (χ2n) is 7.10. The van der Waals surface area contributed by atoms with Gasteiger partial charge in [0.1, 0.15) is 17.2 Å². The third-order valence-corrected chi connectivity index (χ3v) is 4.88. The van der Waals surface area contributed by atoms with Gasteiger partial charge in [-0.15, -0.1) is 0 Å². The molecule has 0 fully saturated rings. The van der Waals surface area contributed by atoms with Crippen molar-refractivity contribution >= 4 is 0 Å². The van der Waals surface area contributed by atoms with E-state index in [0.29, 0.717) is 0 Å². The molecule has 0 aliphatic heterocycles. The Labute approximate surface area is 168 Å². The molecule has 0 heterocycles. The summed E-state index contributed by atoms with van der Waals surface area (Å²) in [6.07, 6.45) is 0. The molecule has 3 aromatic carbocycles. The van der Waals surface area contributed by atoms with Gasteiger partial charge in [-0.2, -0.15) is 0 Å². The van der Waals surface area contributed by atoms with E-state index < -0.39 is 0 Å². The van der Waals surface area contributed by atoms with Crippen LogP contribution in [0.3, 0.4) is 0 Å². The first-order valence-electron chi connectivity index (χ1n) is 9.30. The molecule has 3 aromatic rings. The van der Waals surface area contributed by atoms with Crippen molar-refractivity contribution in [2.24, 2.45) is 0 Å². The molecule has 0 atom stereocenters. The summed E-state index contributed by atoms with van der Waals surface area (Å²) < 4.78 is 15.4. The summed E-state index contributed by atoms with van der Waals surface area (Å²) in [5.41, 5.74) is 3.74. The van der Waals surface area contributed by atoms with Gasteiger partial charge in [0, 0.05) is 5.41 Å². The maximum Gasteiger partial charge on any atom is 0.118 e. The molecule has 0 unspecified atom stereocenters. The SMILES string of the molecule is COc1ccc(C(C)(C)c2ccc(OC)cc2)cc1.COc1ccc(C)cc1. The van der Waals surface area contributed by atoms with Crippen LogP contribution in [0, 0.1) is 6.92 Å². The van der Waals surface area contributed by atoms with Crippen LogP contribution in [0.4, 0.5) is 0 Å². The van der Waals surface area contributed by atoms with E-state index in [-0.39, 0.29) is 5.41 Å². The normalized spacial score (nSPS) is 10.5. The number of hydrogen-bond donors (Lipinski definition) is 0. The average Bonchev–Trinajstić information content (AvgIpc) is 2.75. The second-order valence-corrected chi connectivity index (χ2v) is 7.10. The third kappa shape index (κ3) is 5.53. The van der Waals surface area contributed by atoms with Crippen molar-refractivity contribution in [1.82, 2.24) is 0 Å². The predicted octanol–water partition coefficient (Wildman–Crippen LogP) is 6.03. The zero-order chi connectivity index (χ0) is 20.6. The van der Waals surface area contributed by atoms with Crippen LogP contribution in [-0.4, -0.2) is 21.3 Å². The van der Waals surface area contributed by atoms with E-state index in [9.17, 15) is 0 Å². The van der Waals surface area contributed by atoms with Crippen LogP contribution in [0.25, 0.3) is 0 Å². The minimum Gasteiger partial charge on any atom is -0.497 e. The maximum atomic E-state index is 5.20. The van der Waals surface area contributed by atoms with Gasteiger partial charge in [-0.25, -0.2) is 0 Å². The van der Waals surface area contributed by atoms with Crippen LogP contribution in [0.2, 0.25) is 0 Å². The molecule has 28 heavy (non-hydrogen) atoms. The Morgan fingerprint density at radius 1 is 0.500 bits per heavy atom. The Kier molecular flexibility index (Phi) is 7.51. The molecule has 3 nitrogen and oxygen atoms in total. The van der Waals surface area contributed by atoms with Crippen molar-refractivity contribution in [2.75, 3.05) is 21.3 Å². The Balaban J connectivity index is 0.000000261. The zero-order valence-electron chi connectivity index (χ0n) is 17.7. The van der Waals surface area contributed by atoms with Crippen LogP contribution in [-0.2, 0) is 5.41 Å². The fourth-order valence-corrected chi connectivity index (χ4v) is 2.86. The highest BCUT2D eigenvalue weighted by molar-refractivity contribution is 5.41. The highest BCUT2D eigenvalue weighted by atomic mass is 16.5. The van der Waals surface area contributed by atoms with Gasteiger partial charge in [0.15, 0.2) is 0 Å².